The summed E-state index contributed by atoms with van der Waals surface area (Å²) in [5, 5.41) is 10.0. The number of hydrogen-bond acceptors (Lipinski definition) is 3. The standard InChI is InChI=1S/C12H10BrNOS/c13-10-3-5-11(6-4-10)16-12-9(8-15)2-1-7-14-12/h1-7,15H,8H2. The quantitative estimate of drug-likeness (QED) is 0.941. The van der Waals surface area contributed by atoms with Gasteiger partial charge in [-0.15, -0.1) is 0 Å². The summed E-state index contributed by atoms with van der Waals surface area (Å²) in [7, 11) is 0. The molecule has 0 atom stereocenters. The molecule has 0 aliphatic carbocycles. The molecule has 0 aliphatic heterocycles. The lowest BCUT2D eigenvalue weighted by atomic mass is 10.3. The Bertz CT molecular complexity index is 473. The van der Waals surface area contributed by atoms with Crippen molar-refractivity contribution in [3.05, 3.63) is 52.6 Å². The molecule has 1 N–H and O–H groups in total. The third-order valence-electron chi connectivity index (χ3n) is 2.05. The molecule has 0 saturated heterocycles. The van der Waals surface area contributed by atoms with Gasteiger partial charge >= 0.3 is 0 Å². The van der Waals surface area contributed by atoms with Crippen LogP contribution in [-0.2, 0) is 6.61 Å². The van der Waals surface area contributed by atoms with Crippen LogP contribution >= 0.6 is 27.7 Å². The van der Waals surface area contributed by atoms with Gasteiger partial charge in [0, 0.05) is 21.1 Å². The van der Waals surface area contributed by atoms with Crippen LogP contribution < -0.4 is 0 Å². The van der Waals surface area contributed by atoms with E-state index >= 15 is 0 Å². The molecule has 1 aromatic carbocycles. The summed E-state index contributed by atoms with van der Waals surface area (Å²) >= 11 is 4.95. The van der Waals surface area contributed by atoms with E-state index in [1.165, 1.54) is 0 Å². The zero-order chi connectivity index (χ0) is 11.4. The molecule has 0 saturated carbocycles. The highest BCUT2D eigenvalue weighted by atomic mass is 79.9. The Kier molecular flexibility index (Phi) is 3.98. The Morgan fingerprint density at radius 3 is 2.62 bits per heavy atom. The number of rotatable bonds is 3. The van der Waals surface area contributed by atoms with Gasteiger partial charge in [0.1, 0.15) is 5.03 Å². The molecule has 0 spiro atoms. The normalized spacial score (nSPS) is 10.4. The van der Waals surface area contributed by atoms with Gasteiger partial charge in [0.25, 0.3) is 0 Å². The second-order valence-electron chi connectivity index (χ2n) is 3.18. The van der Waals surface area contributed by atoms with E-state index < -0.39 is 0 Å². The predicted molar refractivity (Wildman–Crippen MR) is 68.4 cm³/mol. The van der Waals surface area contributed by atoms with E-state index in [1.807, 2.05) is 36.4 Å². The Morgan fingerprint density at radius 2 is 1.94 bits per heavy atom. The fourth-order valence-corrected chi connectivity index (χ4v) is 2.39. The molecule has 0 aliphatic rings. The molecular formula is C12H10BrNOS. The first-order chi connectivity index (χ1) is 7.79. The van der Waals surface area contributed by atoms with Crippen molar-refractivity contribution in [2.24, 2.45) is 0 Å². The predicted octanol–water partition coefficient (Wildman–Crippen LogP) is 3.49. The average molecular weight is 296 g/mol. The Morgan fingerprint density at radius 1 is 1.19 bits per heavy atom. The van der Waals surface area contributed by atoms with Crippen LogP contribution in [0, 0.1) is 0 Å². The van der Waals surface area contributed by atoms with Gasteiger partial charge in [-0.2, -0.15) is 0 Å². The molecule has 0 radical (unpaired) electrons. The van der Waals surface area contributed by atoms with Crippen LogP contribution in [0.1, 0.15) is 5.56 Å². The van der Waals surface area contributed by atoms with Crippen LogP contribution in [0.15, 0.2) is 57.0 Å². The molecule has 2 nitrogen and oxygen atoms in total. The molecule has 4 heteroatoms. The van der Waals surface area contributed by atoms with Gasteiger partial charge in [0.15, 0.2) is 0 Å². The van der Waals surface area contributed by atoms with E-state index in [2.05, 4.69) is 20.9 Å². The van der Waals surface area contributed by atoms with Gasteiger partial charge < -0.3 is 5.11 Å². The number of pyridine rings is 1. The van der Waals surface area contributed by atoms with Crippen molar-refractivity contribution in [3.8, 4) is 0 Å². The van der Waals surface area contributed by atoms with Crippen LogP contribution in [0.3, 0.4) is 0 Å². The summed E-state index contributed by atoms with van der Waals surface area (Å²) in [6, 6.07) is 11.7. The van der Waals surface area contributed by atoms with Crippen LogP contribution in [-0.4, -0.2) is 10.1 Å². The summed E-state index contributed by atoms with van der Waals surface area (Å²) in [4.78, 5) is 5.37. The van der Waals surface area contributed by atoms with E-state index in [9.17, 15) is 5.11 Å². The van der Waals surface area contributed by atoms with Crippen LogP contribution in [0.25, 0.3) is 0 Å². The zero-order valence-corrected chi connectivity index (χ0v) is 10.8. The molecule has 1 heterocycles. The minimum Gasteiger partial charge on any atom is -0.392 e. The number of hydrogen-bond donors (Lipinski definition) is 1. The molecule has 0 fully saturated rings. The molecule has 16 heavy (non-hydrogen) atoms. The van der Waals surface area contributed by atoms with Crippen molar-refractivity contribution in [1.29, 1.82) is 0 Å². The average Bonchev–Trinajstić information content (AvgIpc) is 2.33. The molecule has 82 valence electrons. The third-order valence-corrected chi connectivity index (χ3v) is 3.65. The number of aliphatic hydroxyl groups excluding tert-OH is 1. The second kappa shape index (κ2) is 5.48. The summed E-state index contributed by atoms with van der Waals surface area (Å²) in [6.45, 7) is 0.0205. The maximum atomic E-state index is 9.18. The number of aromatic nitrogens is 1. The number of halogens is 1. The Hall–Kier alpha value is -0.840. The highest BCUT2D eigenvalue weighted by Crippen LogP contribution is 2.29. The van der Waals surface area contributed by atoms with Gasteiger partial charge in [-0.1, -0.05) is 33.8 Å². The summed E-state index contributed by atoms with van der Waals surface area (Å²) in [5.74, 6) is 0. The molecular weight excluding hydrogens is 286 g/mol. The smallest absolute Gasteiger partial charge is 0.106 e. The van der Waals surface area contributed by atoms with E-state index in [0.717, 1.165) is 20.0 Å². The van der Waals surface area contributed by atoms with Crippen molar-refractivity contribution in [3.63, 3.8) is 0 Å². The number of benzene rings is 1. The molecule has 1 aromatic heterocycles. The van der Waals surface area contributed by atoms with E-state index in [4.69, 9.17) is 0 Å². The number of nitrogens with zero attached hydrogens (tertiary/aromatic N) is 1. The molecule has 2 aromatic rings. The highest BCUT2D eigenvalue weighted by molar-refractivity contribution is 9.10. The number of aliphatic hydroxyl groups is 1. The van der Waals surface area contributed by atoms with Crippen molar-refractivity contribution < 1.29 is 5.11 Å². The SMILES string of the molecule is OCc1cccnc1Sc1ccc(Br)cc1. The lowest BCUT2D eigenvalue weighted by Crippen LogP contribution is -1.89. The monoisotopic (exact) mass is 295 g/mol. The van der Waals surface area contributed by atoms with Crippen molar-refractivity contribution in [2.45, 2.75) is 16.5 Å². The first-order valence-corrected chi connectivity index (χ1v) is 6.39. The van der Waals surface area contributed by atoms with Gasteiger partial charge in [-0.25, -0.2) is 4.98 Å². The summed E-state index contributed by atoms with van der Waals surface area (Å²) < 4.78 is 1.06. The lowest BCUT2D eigenvalue weighted by Gasteiger charge is -2.05. The zero-order valence-electron chi connectivity index (χ0n) is 8.43. The molecule has 0 unspecified atom stereocenters. The van der Waals surface area contributed by atoms with Crippen LogP contribution in [0.2, 0.25) is 0 Å². The second-order valence-corrected chi connectivity index (χ2v) is 5.16. The van der Waals surface area contributed by atoms with Gasteiger partial charge in [0.05, 0.1) is 6.61 Å². The maximum Gasteiger partial charge on any atom is 0.106 e. The Labute approximate surface area is 107 Å². The molecule has 0 amide bonds. The topological polar surface area (TPSA) is 33.1 Å². The Balaban J connectivity index is 2.23. The van der Waals surface area contributed by atoms with Gasteiger partial charge in [-0.3, -0.25) is 0 Å². The fraction of sp³-hybridized carbons (Fsp3) is 0.0833. The highest BCUT2D eigenvalue weighted by Gasteiger charge is 2.04. The van der Waals surface area contributed by atoms with E-state index in [-0.39, 0.29) is 6.61 Å². The summed E-state index contributed by atoms with van der Waals surface area (Å²) in [6.07, 6.45) is 1.74. The maximum absolute atomic E-state index is 9.18. The van der Waals surface area contributed by atoms with Gasteiger partial charge in [0.2, 0.25) is 0 Å². The third kappa shape index (κ3) is 2.84. The van der Waals surface area contributed by atoms with Crippen molar-refractivity contribution in [1.82, 2.24) is 4.98 Å². The first-order valence-electron chi connectivity index (χ1n) is 4.78. The largest absolute Gasteiger partial charge is 0.392 e. The summed E-state index contributed by atoms with van der Waals surface area (Å²) in [5.41, 5.74) is 0.857. The van der Waals surface area contributed by atoms with Gasteiger partial charge in [-0.05, 0) is 30.3 Å². The van der Waals surface area contributed by atoms with Crippen molar-refractivity contribution in [2.75, 3.05) is 0 Å². The lowest BCUT2D eigenvalue weighted by molar-refractivity contribution is 0.278. The van der Waals surface area contributed by atoms with Crippen molar-refractivity contribution >= 4 is 27.7 Å². The first kappa shape index (κ1) is 11.6. The minimum absolute atomic E-state index is 0.0205. The minimum atomic E-state index is 0.0205. The van der Waals surface area contributed by atoms with E-state index in [1.54, 1.807) is 18.0 Å². The van der Waals surface area contributed by atoms with E-state index in [0.29, 0.717) is 0 Å². The van der Waals surface area contributed by atoms with Crippen LogP contribution in [0.5, 0.6) is 0 Å². The fourth-order valence-electron chi connectivity index (χ4n) is 1.25. The van der Waals surface area contributed by atoms with Crippen LogP contribution in [0.4, 0.5) is 0 Å². The molecule has 2 rings (SSSR count). The molecule has 0 bridgehead atoms.